The van der Waals surface area contributed by atoms with Crippen molar-refractivity contribution >= 4 is 291 Å². The lowest BCUT2D eigenvalue weighted by Gasteiger charge is -2.30. The van der Waals surface area contributed by atoms with Gasteiger partial charge in [-0.3, -0.25) is 0 Å². The molecule has 5 aliphatic carbocycles. The number of methoxy groups -OCH3 is 2. The molecule has 2 heteroatoms. The van der Waals surface area contributed by atoms with E-state index in [-0.39, 0.29) is 0 Å². The highest BCUT2D eigenvalue weighted by Gasteiger charge is 2.97. The van der Waals surface area contributed by atoms with Crippen molar-refractivity contribution in [1.29, 1.82) is 0 Å². The van der Waals surface area contributed by atoms with Crippen LogP contribution >= 0.6 is 0 Å². The summed E-state index contributed by atoms with van der Waals surface area (Å²) in [5.41, 5.74) is 5.48. The van der Waals surface area contributed by atoms with Crippen LogP contribution in [0.1, 0.15) is 22.3 Å². The Balaban J connectivity index is 1.28. The number of hydrogen-bond acceptors (Lipinski definition) is 2. The van der Waals surface area contributed by atoms with Crippen molar-refractivity contribution in [3.63, 3.8) is 0 Å². The first-order chi connectivity index (χ1) is 32.4. The summed E-state index contributed by atoms with van der Waals surface area (Å²) < 4.78 is 15.0. The van der Waals surface area contributed by atoms with Gasteiger partial charge in [-0.05, 0) is 313 Å². The third kappa shape index (κ3) is 1.11. The van der Waals surface area contributed by atoms with Gasteiger partial charge in [0.15, 0.2) is 5.79 Å². The van der Waals surface area contributed by atoms with Crippen molar-refractivity contribution in [3.8, 4) is 0 Å². The highest BCUT2D eigenvalue weighted by atomic mass is 16.7. The highest BCUT2D eigenvalue weighted by molar-refractivity contribution is 6.82. The maximum atomic E-state index is 7.48. The van der Waals surface area contributed by atoms with Crippen molar-refractivity contribution in [2.24, 2.45) is 0 Å². The van der Waals surface area contributed by atoms with Crippen molar-refractivity contribution in [2.45, 2.75) is 16.6 Å². The highest BCUT2D eigenvalue weighted by Crippen LogP contribution is 2.94. The molecule has 1 fully saturated rings. The first-order valence-electron chi connectivity index (χ1n) is 24.2. The molecule has 0 radical (unpaired) electrons. The van der Waals surface area contributed by atoms with E-state index in [1.165, 1.54) is 0 Å². The van der Waals surface area contributed by atoms with Gasteiger partial charge in [0, 0.05) is 14.2 Å². The van der Waals surface area contributed by atoms with Gasteiger partial charge in [0.1, 0.15) is 0 Å². The molecule has 2 nitrogen and oxygen atoms in total. The van der Waals surface area contributed by atoms with Crippen LogP contribution in [0.5, 0.6) is 0 Å². The smallest absolute Gasteiger partial charge is 0.198 e. The average Bonchev–Trinajstić information content (AvgIpc) is 4.17. The molecule has 2 spiro atoms. The lowest BCUT2D eigenvalue weighted by atomic mass is 9.69. The van der Waals surface area contributed by atoms with Crippen LogP contribution in [0.25, 0.3) is 291 Å². The Labute approximate surface area is 351 Å². The molecule has 0 N–H and O–H groups in total. The molecule has 0 amide bonds. The zero-order valence-corrected chi connectivity index (χ0v) is 33.3. The summed E-state index contributed by atoms with van der Waals surface area (Å²) in [5.74, 6) is -0.863. The SMILES string of the molecule is COC1(OC)C23c4c5c6c7c8c9c(c%10c%11c2c2c%12c4c4c%13c5c5c7c7c8c8c%14c9c%10c9c%10c%11c2c2c%11c%12c4c4c%12c%13c5c5c7c7c8c8c%14c9c9c%10c2c2c%11c4c4c%12c5c7c5c8c9c2c45)C613. The molecule has 0 aliphatic heterocycles. The van der Waals surface area contributed by atoms with Gasteiger partial charge in [-0.2, -0.15) is 0 Å². The molecule has 0 bridgehead atoms. The standard InChI is InChI=1S/C63H6O2/c1-64-63(65-2)61-57-50-43-31-23-14-5-3-4-6-9(5)18-25(23)33-34-26(18)24-15(6)17-13-8(4)11-10-7(3)12-16(14)29(31)37-35-21(12)19(10)27-28-20(11)22(13)36-38-30(17)32(24)44-46(34)55(54(57)45(33)43)58-51(44)49(38)53-42(36)40(28)47-39(27)41(35)52(48(37)50)59(61)56(47)60(53)62(58,61)63/h1-2H3. The second-order valence-corrected chi connectivity index (χ2v) is 24.3. The summed E-state index contributed by atoms with van der Waals surface area (Å²) in [5, 5.41) is 87.8. The Morgan fingerprint density at radius 1 is 0.154 bits per heavy atom. The van der Waals surface area contributed by atoms with Crippen LogP contribution in [0.2, 0.25) is 0 Å². The Kier molecular flexibility index (Phi) is 1.79. The van der Waals surface area contributed by atoms with E-state index in [0.29, 0.717) is 0 Å². The summed E-state index contributed by atoms with van der Waals surface area (Å²) >= 11 is 0. The van der Waals surface area contributed by atoms with Crippen LogP contribution in [0.4, 0.5) is 0 Å². The fourth-order valence-corrected chi connectivity index (χ4v) is 25.1. The monoisotopic (exact) mass is 794 g/mol. The van der Waals surface area contributed by atoms with E-state index in [2.05, 4.69) is 0 Å². The zero-order chi connectivity index (χ0) is 38.4. The first-order valence-corrected chi connectivity index (χ1v) is 24.2. The van der Waals surface area contributed by atoms with Crippen LogP contribution in [0.15, 0.2) is 0 Å². The van der Waals surface area contributed by atoms with Gasteiger partial charge in [-0.15, -0.1) is 0 Å². The Morgan fingerprint density at radius 2 is 0.262 bits per heavy atom. The molecule has 2 unspecified atom stereocenters. The van der Waals surface area contributed by atoms with Crippen molar-refractivity contribution in [1.82, 2.24) is 0 Å². The molecule has 0 aromatic heterocycles. The molecule has 1 saturated carbocycles. The zero-order valence-electron chi connectivity index (χ0n) is 33.3. The van der Waals surface area contributed by atoms with Gasteiger partial charge < -0.3 is 9.47 Å². The Morgan fingerprint density at radius 3 is 0.431 bits per heavy atom. The van der Waals surface area contributed by atoms with E-state index >= 15 is 0 Å². The molecule has 33 rings (SSSR count). The van der Waals surface area contributed by atoms with Gasteiger partial charge in [0.25, 0.3) is 0 Å². The van der Waals surface area contributed by atoms with Gasteiger partial charge in [0.2, 0.25) is 0 Å². The minimum Gasteiger partial charge on any atom is -0.351 e. The fraction of sp³-hybridized carbons (Fsp3) is 0.0794. The summed E-state index contributed by atoms with van der Waals surface area (Å²) in [7, 11) is 4.07. The fourth-order valence-electron chi connectivity index (χ4n) is 25.1. The topological polar surface area (TPSA) is 18.5 Å². The van der Waals surface area contributed by atoms with Gasteiger partial charge in [-0.1, -0.05) is 0 Å². The molecular formula is C63H6O2. The molecule has 65 heavy (non-hydrogen) atoms. The predicted octanol–water partition coefficient (Wildman–Crippen LogP) is 16.3. The lowest BCUT2D eigenvalue weighted by molar-refractivity contribution is -0.151. The van der Waals surface area contributed by atoms with Gasteiger partial charge >= 0.3 is 0 Å². The molecule has 270 valence electrons. The minimum absolute atomic E-state index is 0.477. The van der Waals surface area contributed by atoms with Crippen LogP contribution in [-0.2, 0) is 20.3 Å². The molecule has 2 atom stereocenters. The van der Waals surface area contributed by atoms with Gasteiger partial charge in [0.05, 0.1) is 10.8 Å². The second-order valence-electron chi connectivity index (χ2n) is 24.3. The summed E-state index contributed by atoms with van der Waals surface area (Å²) in [6.07, 6.45) is 0. The van der Waals surface area contributed by atoms with Crippen molar-refractivity contribution < 1.29 is 9.47 Å². The molecule has 5 aliphatic rings. The summed E-state index contributed by atoms with van der Waals surface area (Å²) in [6.45, 7) is 0. The summed E-state index contributed by atoms with van der Waals surface area (Å²) in [4.78, 5) is 0. The molecule has 0 saturated heterocycles. The summed E-state index contributed by atoms with van der Waals surface area (Å²) in [6, 6.07) is 0. The molecular weight excluding hydrogens is 789 g/mol. The predicted molar refractivity (Wildman–Crippen MR) is 271 cm³/mol. The number of hydrogen-bond donors (Lipinski definition) is 0. The molecule has 0 heterocycles. The number of ether oxygens (including phenoxy) is 2. The number of rotatable bonds is 2. The van der Waals surface area contributed by atoms with Gasteiger partial charge in [-0.25, -0.2) is 0 Å². The Hall–Kier alpha value is -7.62. The first kappa shape index (κ1) is 23.4. The molecule has 28 aromatic carbocycles. The second kappa shape index (κ2) is 4.98. The quantitative estimate of drug-likeness (QED) is 0.128. The van der Waals surface area contributed by atoms with Crippen LogP contribution in [0, 0.1) is 0 Å². The van der Waals surface area contributed by atoms with Crippen molar-refractivity contribution in [2.75, 3.05) is 14.2 Å². The average molecular weight is 795 g/mol. The Bertz CT molecular complexity index is 6770. The van der Waals surface area contributed by atoms with Crippen LogP contribution in [-0.4, -0.2) is 20.0 Å². The van der Waals surface area contributed by atoms with Crippen LogP contribution < -0.4 is 0 Å². The number of benzene rings is 17. The third-order valence-electron chi connectivity index (χ3n) is 24.8. The van der Waals surface area contributed by atoms with E-state index in [1.54, 1.807) is 313 Å². The largest absolute Gasteiger partial charge is 0.351 e. The maximum Gasteiger partial charge on any atom is 0.198 e. The van der Waals surface area contributed by atoms with E-state index in [9.17, 15) is 0 Å². The van der Waals surface area contributed by atoms with E-state index in [4.69, 9.17) is 9.47 Å². The van der Waals surface area contributed by atoms with E-state index in [1.807, 2.05) is 14.2 Å². The molecule has 28 aromatic rings. The minimum atomic E-state index is -0.863. The lowest BCUT2D eigenvalue weighted by Crippen LogP contribution is -2.32. The third-order valence-corrected chi connectivity index (χ3v) is 24.8. The maximum absolute atomic E-state index is 7.48. The van der Waals surface area contributed by atoms with Crippen molar-refractivity contribution in [3.05, 3.63) is 22.3 Å². The van der Waals surface area contributed by atoms with E-state index < -0.39 is 16.6 Å². The van der Waals surface area contributed by atoms with Crippen LogP contribution in [0.3, 0.4) is 0 Å². The normalized spacial score (nSPS) is 23.9. The van der Waals surface area contributed by atoms with E-state index in [0.717, 1.165) is 0 Å².